The van der Waals surface area contributed by atoms with E-state index in [9.17, 15) is 0 Å². The van der Waals surface area contributed by atoms with Crippen LogP contribution in [0.5, 0.6) is 5.75 Å². The highest BCUT2D eigenvalue weighted by Crippen LogP contribution is 2.23. The lowest BCUT2D eigenvalue weighted by Gasteiger charge is -2.20. The van der Waals surface area contributed by atoms with Gasteiger partial charge in [-0.2, -0.15) is 0 Å². The molecule has 0 aliphatic rings. The molecule has 0 fully saturated rings. The minimum atomic E-state index is 0.478. The topological polar surface area (TPSA) is 64.3 Å². The maximum absolute atomic E-state index is 5.81. The van der Waals surface area contributed by atoms with Gasteiger partial charge in [-0.1, -0.05) is 30.0 Å². The SMILES string of the molecule is COc1ccccc1CN(C)c1cc(N)nc(SC)n1. The van der Waals surface area contributed by atoms with Crippen LogP contribution in [-0.4, -0.2) is 30.4 Å². The Hall–Kier alpha value is -1.95. The van der Waals surface area contributed by atoms with Gasteiger partial charge in [0, 0.05) is 25.2 Å². The van der Waals surface area contributed by atoms with Gasteiger partial charge in [-0.15, -0.1) is 0 Å². The van der Waals surface area contributed by atoms with Crippen LogP contribution in [0.4, 0.5) is 11.6 Å². The molecule has 0 amide bonds. The Bertz CT molecular complexity index is 591. The standard InChI is InChI=1S/C14H18N4OS/c1-18(9-10-6-4-5-7-11(10)19-2)13-8-12(15)16-14(17-13)20-3/h4-8H,9H2,1-3H3,(H2,15,16,17). The summed E-state index contributed by atoms with van der Waals surface area (Å²) in [6, 6.07) is 9.71. The zero-order valence-electron chi connectivity index (χ0n) is 11.8. The third-order valence-electron chi connectivity index (χ3n) is 2.89. The molecule has 0 radical (unpaired) electrons. The van der Waals surface area contributed by atoms with Crippen LogP contribution in [0.2, 0.25) is 0 Å². The molecule has 1 heterocycles. The Morgan fingerprint density at radius 1 is 1.30 bits per heavy atom. The molecule has 20 heavy (non-hydrogen) atoms. The van der Waals surface area contributed by atoms with Crippen molar-refractivity contribution in [3.63, 3.8) is 0 Å². The first-order chi connectivity index (χ1) is 9.63. The van der Waals surface area contributed by atoms with Crippen LogP contribution in [-0.2, 0) is 6.54 Å². The average Bonchev–Trinajstić information content (AvgIpc) is 2.47. The molecule has 2 N–H and O–H groups in total. The summed E-state index contributed by atoms with van der Waals surface area (Å²) in [4.78, 5) is 10.6. The van der Waals surface area contributed by atoms with E-state index in [1.165, 1.54) is 11.8 Å². The number of rotatable bonds is 5. The number of thioether (sulfide) groups is 1. The summed E-state index contributed by atoms with van der Waals surface area (Å²) in [6.45, 7) is 0.689. The number of anilines is 2. The van der Waals surface area contributed by atoms with Crippen LogP contribution in [0.15, 0.2) is 35.5 Å². The molecule has 5 nitrogen and oxygen atoms in total. The molecule has 0 aliphatic heterocycles. The van der Waals surface area contributed by atoms with Crippen LogP contribution in [0.25, 0.3) is 0 Å². The van der Waals surface area contributed by atoms with E-state index in [-0.39, 0.29) is 0 Å². The van der Waals surface area contributed by atoms with Crippen molar-refractivity contribution >= 4 is 23.4 Å². The maximum Gasteiger partial charge on any atom is 0.191 e. The van der Waals surface area contributed by atoms with Gasteiger partial charge in [0.05, 0.1) is 7.11 Å². The summed E-state index contributed by atoms with van der Waals surface area (Å²) in [7, 11) is 3.64. The Morgan fingerprint density at radius 3 is 2.75 bits per heavy atom. The molecule has 0 unspecified atom stereocenters. The number of aromatic nitrogens is 2. The second-order valence-electron chi connectivity index (χ2n) is 4.31. The van der Waals surface area contributed by atoms with Gasteiger partial charge in [0.1, 0.15) is 17.4 Å². The first kappa shape index (κ1) is 14.5. The monoisotopic (exact) mass is 290 g/mol. The molecular weight excluding hydrogens is 272 g/mol. The van der Waals surface area contributed by atoms with Gasteiger partial charge in [0.2, 0.25) is 0 Å². The van der Waals surface area contributed by atoms with E-state index >= 15 is 0 Å². The summed E-state index contributed by atoms with van der Waals surface area (Å²) < 4.78 is 5.36. The average molecular weight is 290 g/mol. The Kier molecular flexibility index (Phi) is 4.68. The molecule has 0 saturated heterocycles. The van der Waals surface area contributed by atoms with Crippen molar-refractivity contribution in [1.29, 1.82) is 0 Å². The van der Waals surface area contributed by atoms with E-state index in [1.807, 2.05) is 42.5 Å². The van der Waals surface area contributed by atoms with E-state index in [4.69, 9.17) is 10.5 Å². The molecule has 6 heteroatoms. The Balaban J connectivity index is 2.23. The second kappa shape index (κ2) is 6.47. The van der Waals surface area contributed by atoms with E-state index < -0.39 is 0 Å². The number of nitrogens with two attached hydrogens (primary N) is 1. The van der Waals surface area contributed by atoms with Crippen LogP contribution >= 0.6 is 11.8 Å². The van der Waals surface area contributed by atoms with Gasteiger partial charge in [0.25, 0.3) is 0 Å². The number of nitrogen functional groups attached to an aromatic ring is 1. The number of hydrogen-bond donors (Lipinski definition) is 1. The fourth-order valence-corrected chi connectivity index (χ4v) is 2.27. The highest BCUT2D eigenvalue weighted by molar-refractivity contribution is 7.98. The zero-order chi connectivity index (χ0) is 14.5. The van der Waals surface area contributed by atoms with Gasteiger partial charge >= 0.3 is 0 Å². The Labute approximate surface area is 123 Å². The first-order valence-electron chi connectivity index (χ1n) is 6.15. The minimum Gasteiger partial charge on any atom is -0.496 e. The van der Waals surface area contributed by atoms with Crippen molar-refractivity contribution in [2.45, 2.75) is 11.7 Å². The normalized spacial score (nSPS) is 10.3. The zero-order valence-corrected chi connectivity index (χ0v) is 12.6. The smallest absolute Gasteiger partial charge is 0.191 e. The van der Waals surface area contributed by atoms with Crippen molar-refractivity contribution in [1.82, 2.24) is 9.97 Å². The lowest BCUT2D eigenvalue weighted by Crippen LogP contribution is -2.19. The lowest BCUT2D eigenvalue weighted by atomic mass is 10.2. The van der Waals surface area contributed by atoms with Crippen LogP contribution in [0.3, 0.4) is 0 Å². The van der Waals surface area contributed by atoms with E-state index in [1.54, 1.807) is 13.2 Å². The molecule has 0 aliphatic carbocycles. The summed E-state index contributed by atoms with van der Waals surface area (Å²) in [5.74, 6) is 2.14. The minimum absolute atomic E-state index is 0.478. The highest BCUT2D eigenvalue weighted by Gasteiger charge is 2.10. The highest BCUT2D eigenvalue weighted by atomic mass is 32.2. The third-order valence-corrected chi connectivity index (χ3v) is 3.43. The predicted molar refractivity (Wildman–Crippen MR) is 83.3 cm³/mol. The summed E-state index contributed by atoms with van der Waals surface area (Å²) in [6.07, 6.45) is 1.93. The first-order valence-corrected chi connectivity index (χ1v) is 7.38. The maximum atomic E-state index is 5.81. The molecule has 1 aromatic heterocycles. The quantitative estimate of drug-likeness (QED) is 0.674. The number of methoxy groups -OCH3 is 1. The van der Waals surface area contributed by atoms with Crippen molar-refractivity contribution in [2.24, 2.45) is 0 Å². The van der Waals surface area contributed by atoms with Gasteiger partial charge < -0.3 is 15.4 Å². The lowest BCUT2D eigenvalue weighted by molar-refractivity contribution is 0.409. The second-order valence-corrected chi connectivity index (χ2v) is 5.08. The molecular formula is C14H18N4OS. The number of benzene rings is 1. The van der Waals surface area contributed by atoms with Gasteiger partial charge in [-0.3, -0.25) is 0 Å². The summed E-state index contributed by atoms with van der Waals surface area (Å²) >= 11 is 1.47. The number of hydrogen-bond acceptors (Lipinski definition) is 6. The molecule has 0 atom stereocenters. The van der Waals surface area contributed by atoms with Crippen molar-refractivity contribution in [2.75, 3.05) is 31.0 Å². The summed E-state index contributed by atoms with van der Waals surface area (Å²) in [5, 5.41) is 0.673. The van der Waals surface area contributed by atoms with Crippen LogP contribution < -0.4 is 15.4 Å². The number of nitrogens with zero attached hydrogens (tertiary/aromatic N) is 3. The molecule has 0 bridgehead atoms. The fourth-order valence-electron chi connectivity index (χ4n) is 1.89. The van der Waals surface area contributed by atoms with Gasteiger partial charge in [0.15, 0.2) is 5.16 Å². The summed E-state index contributed by atoms with van der Waals surface area (Å²) in [5.41, 5.74) is 6.90. The fraction of sp³-hybridized carbons (Fsp3) is 0.286. The predicted octanol–water partition coefficient (Wildman–Crippen LogP) is 2.43. The van der Waals surface area contributed by atoms with E-state index in [0.717, 1.165) is 17.1 Å². The largest absolute Gasteiger partial charge is 0.496 e. The Morgan fingerprint density at radius 2 is 2.05 bits per heavy atom. The molecule has 0 spiro atoms. The van der Waals surface area contributed by atoms with Crippen molar-refractivity contribution < 1.29 is 4.74 Å². The molecule has 0 saturated carbocycles. The van der Waals surface area contributed by atoms with Gasteiger partial charge in [-0.25, -0.2) is 9.97 Å². The molecule has 106 valence electrons. The van der Waals surface area contributed by atoms with Crippen molar-refractivity contribution in [3.8, 4) is 5.75 Å². The molecule has 2 aromatic rings. The van der Waals surface area contributed by atoms with Crippen molar-refractivity contribution in [3.05, 3.63) is 35.9 Å². The molecule has 2 rings (SSSR count). The van der Waals surface area contributed by atoms with E-state index in [0.29, 0.717) is 17.5 Å². The molecule has 1 aromatic carbocycles. The van der Waals surface area contributed by atoms with E-state index in [2.05, 4.69) is 9.97 Å². The number of para-hydroxylation sites is 1. The van der Waals surface area contributed by atoms with Crippen LogP contribution in [0.1, 0.15) is 5.56 Å². The third kappa shape index (κ3) is 3.33. The van der Waals surface area contributed by atoms with Gasteiger partial charge in [-0.05, 0) is 12.3 Å². The van der Waals surface area contributed by atoms with Crippen LogP contribution in [0, 0.1) is 0 Å². The number of ether oxygens (including phenoxy) is 1.